The van der Waals surface area contributed by atoms with Crippen molar-refractivity contribution in [3.8, 4) is 11.4 Å². The highest BCUT2D eigenvalue weighted by molar-refractivity contribution is 5.79. The number of aromatic amines is 1. The van der Waals surface area contributed by atoms with E-state index in [1.165, 1.54) is 5.56 Å². The van der Waals surface area contributed by atoms with Gasteiger partial charge in [-0.3, -0.25) is 4.98 Å². The molecule has 3 rings (SSSR count). The third-order valence-corrected chi connectivity index (χ3v) is 3.15. The van der Waals surface area contributed by atoms with Gasteiger partial charge in [-0.15, -0.1) is 0 Å². The maximum Gasteiger partial charge on any atom is 0.140 e. The zero-order valence-corrected chi connectivity index (χ0v) is 10.6. The molecule has 0 spiro atoms. The van der Waals surface area contributed by atoms with Crippen LogP contribution in [0.4, 0.5) is 0 Å². The van der Waals surface area contributed by atoms with Crippen LogP contribution in [0.2, 0.25) is 0 Å². The van der Waals surface area contributed by atoms with E-state index in [1.807, 2.05) is 18.3 Å². The van der Waals surface area contributed by atoms with Crippen molar-refractivity contribution in [2.45, 2.75) is 12.8 Å². The van der Waals surface area contributed by atoms with E-state index in [1.54, 1.807) is 6.20 Å². The average molecular weight is 252 g/mol. The molecule has 0 amide bonds. The Hall–Kier alpha value is -2.20. The molecule has 0 radical (unpaired) electrons. The van der Waals surface area contributed by atoms with Crippen molar-refractivity contribution in [3.63, 3.8) is 0 Å². The largest absolute Gasteiger partial charge is 0.338 e. The number of fused-ring (bicyclic) bond motifs is 1. The summed E-state index contributed by atoms with van der Waals surface area (Å²) in [7, 11) is 0. The quantitative estimate of drug-likeness (QED) is 0.749. The summed E-state index contributed by atoms with van der Waals surface area (Å²) in [5.74, 6) is 0.860. The second-order valence-electron chi connectivity index (χ2n) is 4.57. The van der Waals surface area contributed by atoms with Gasteiger partial charge in [0.1, 0.15) is 5.82 Å². The lowest BCUT2D eigenvalue weighted by atomic mass is 10.1. The molecule has 2 heterocycles. The lowest BCUT2D eigenvalue weighted by Gasteiger charge is -1.98. The van der Waals surface area contributed by atoms with Gasteiger partial charge in [0.05, 0.1) is 11.0 Å². The molecule has 0 unspecified atom stereocenters. The summed E-state index contributed by atoms with van der Waals surface area (Å²) in [5, 5.41) is 0. The molecule has 0 aliphatic carbocycles. The van der Waals surface area contributed by atoms with Crippen LogP contribution in [-0.4, -0.2) is 21.5 Å². The van der Waals surface area contributed by atoms with Crippen molar-refractivity contribution in [1.82, 2.24) is 15.0 Å². The third-order valence-electron chi connectivity index (χ3n) is 3.15. The van der Waals surface area contributed by atoms with E-state index in [4.69, 9.17) is 5.73 Å². The van der Waals surface area contributed by atoms with Gasteiger partial charge in [-0.2, -0.15) is 0 Å². The average Bonchev–Trinajstić information content (AvgIpc) is 2.89. The van der Waals surface area contributed by atoms with Crippen LogP contribution < -0.4 is 5.73 Å². The molecule has 0 atom stereocenters. The molecule has 0 saturated carbocycles. The molecule has 0 aliphatic heterocycles. The highest BCUT2D eigenvalue weighted by Crippen LogP contribution is 2.20. The van der Waals surface area contributed by atoms with Crippen molar-refractivity contribution in [1.29, 1.82) is 0 Å². The second-order valence-corrected chi connectivity index (χ2v) is 4.57. The van der Waals surface area contributed by atoms with Gasteiger partial charge in [0.2, 0.25) is 0 Å². The number of imidazole rings is 1. The molecule has 4 heteroatoms. The Kier molecular flexibility index (Phi) is 3.25. The summed E-state index contributed by atoms with van der Waals surface area (Å²) in [6.45, 7) is 0.724. The molecular formula is C15H16N4. The van der Waals surface area contributed by atoms with E-state index in [2.05, 4.69) is 33.2 Å². The number of hydrogen-bond acceptors (Lipinski definition) is 3. The van der Waals surface area contributed by atoms with E-state index < -0.39 is 0 Å². The molecule has 3 N–H and O–H groups in total. The summed E-state index contributed by atoms with van der Waals surface area (Å²) in [5.41, 5.74) is 9.88. The minimum Gasteiger partial charge on any atom is -0.338 e. The van der Waals surface area contributed by atoms with Crippen LogP contribution >= 0.6 is 0 Å². The minimum atomic E-state index is 0.724. The molecular weight excluding hydrogens is 236 g/mol. The fourth-order valence-corrected chi connectivity index (χ4v) is 2.16. The van der Waals surface area contributed by atoms with Crippen molar-refractivity contribution in [2.24, 2.45) is 5.73 Å². The summed E-state index contributed by atoms with van der Waals surface area (Å²) in [6, 6.07) is 10.2. The van der Waals surface area contributed by atoms with Gasteiger partial charge in [-0.05, 0) is 49.2 Å². The minimum absolute atomic E-state index is 0.724. The number of aromatic nitrogens is 3. The van der Waals surface area contributed by atoms with E-state index in [0.717, 1.165) is 41.8 Å². The number of nitrogens with two attached hydrogens (primary N) is 1. The first-order chi connectivity index (χ1) is 9.36. The normalized spacial score (nSPS) is 11.0. The zero-order chi connectivity index (χ0) is 13.1. The van der Waals surface area contributed by atoms with E-state index in [0.29, 0.717) is 0 Å². The van der Waals surface area contributed by atoms with Gasteiger partial charge in [0, 0.05) is 18.0 Å². The Morgan fingerprint density at radius 3 is 2.95 bits per heavy atom. The Balaban J connectivity index is 1.97. The summed E-state index contributed by atoms with van der Waals surface area (Å²) in [4.78, 5) is 12.0. The van der Waals surface area contributed by atoms with Crippen molar-refractivity contribution >= 4 is 11.0 Å². The standard InChI is InChI=1S/C15H16N4/c16-7-1-3-11-5-6-13-14(9-11)19-15(18-13)12-4-2-8-17-10-12/h2,4-6,8-10H,1,3,7,16H2,(H,18,19). The molecule has 0 saturated heterocycles. The SMILES string of the molecule is NCCCc1ccc2nc(-c3cccnc3)[nH]c2c1. The maximum atomic E-state index is 5.54. The van der Waals surface area contributed by atoms with Crippen LogP contribution in [0.3, 0.4) is 0 Å². The number of nitrogens with one attached hydrogen (secondary N) is 1. The Labute approximate surface area is 111 Å². The van der Waals surface area contributed by atoms with E-state index in [9.17, 15) is 0 Å². The van der Waals surface area contributed by atoms with Gasteiger partial charge in [0.15, 0.2) is 0 Å². The fraction of sp³-hybridized carbons (Fsp3) is 0.200. The number of H-pyrrole nitrogens is 1. The van der Waals surface area contributed by atoms with Gasteiger partial charge in [-0.25, -0.2) is 4.98 Å². The number of benzene rings is 1. The van der Waals surface area contributed by atoms with Crippen LogP contribution in [0, 0.1) is 0 Å². The van der Waals surface area contributed by atoms with Crippen LogP contribution in [0.1, 0.15) is 12.0 Å². The molecule has 3 aromatic rings. The van der Waals surface area contributed by atoms with Crippen molar-refractivity contribution in [2.75, 3.05) is 6.54 Å². The number of rotatable bonds is 4. The lowest BCUT2D eigenvalue weighted by Crippen LogP contribution is -2.00. The molecule has 96 valence electrons. The molecule has 2 aromatic heterocycles. The van der Waals surface area contributed by atoms with Crippen LogP contribution in [0.5, 0.6) is 0 Å². The Morgan fingerprint density at radius 2 is 2.16 bits per heavy atom. The maximum absolute atomic E-state index is 5.54. The molecule has 0 fully saturated rings. The van der Waals surface area contributed by atoms with Gasteiger partial charge < -0.3 is 10.7 Å². The first-order valence-electron chi connectivity index (χ1n) is 6.46. The highest BCUT2D eigenvalue weighted by atomic mass is 14.9. The highest BCUT2D eigenvalue weighted by Gasteiger charge is 2.05. The predicted molar refractivity (Wildman–Crippen MR) is 76.7 cm³/mol. The van der Waals surface area contributed by atoms with Gasteiger partial charge >= 0.3 is 0 Å². The van der Waals surface area contributed by atoms with Crippen molar-refractivity contribution < 1.29 is 0 Å². The molecule has 0 bridgehead atoms. The summed E-state index contributed by atoms with van der Waals surface area (Å²) >= 11 is 0. The first-order valence-corrected chi connectivity index (χ1v) is 6.46. The number of pyridine rings is 1. The van der Waals surface area contributed by atoms with Gasteiger partial charge in [-0.1, -0.05) is 6.07 Å². The fourth-order valence-electron chi connectivity index (χ4n) is 2.16. The number of nitrogens with zero attached hydrogens (tertiary/aromatic N) is 2. The smallest absolute Gasteiger partial charge is 0.140 e. The van der Waals surface area contributed by atoms with Gasteiger partial charge in [0.25, 0.3) is 0 Å². The van der Waals surface area contributed by atoms with Crippen LogP contribution in [0.15, 0.2) is 42.7 Å². The van der Waals surface area contributed by atoms with E-state index >= 15 is 0 Å². The monoisotopic (exact) mass is 252 g/mol. The second kappa shape index (κ2) is 5.20. The topological polar surface area (TPSA) is 67.6 Å². The molecule has 19 heavy (non-hydrogen) atoms. The molecule has 0 aliphatic rings. The molecule has 1 aromatic carbocycles. The predicted octanol–water partition coefficient (Wildman–Crippen LogP) is 2.52. The molecule has 4 nitrogen and oxygen atoms in total. The van der Waals surface area contributed by atoms with Crippen molar-refractivity contribution in [3.05, 3.63) is 48.3 Å². The number of hydrogen-bond donors (Lipinski definition) is 2. The lowest BCUT2D eigenvalue weighted by molar-refractivity contribution is 0.833. The third kappa shape index (κ3) is 2.48. The van der Waals surface area contributed by atoms with Crippen LogP contribution in [0.25, 0.3) is 22.4 Å². The Bertz CT molecular complexity index is 673. The Morgan fingerprint density at radius 1 is 1.21 bits per heavy atom. The van der Waals surface area contributed by atoms with Crippen LogP contribution in [-0.2, 0) is 6.42 Å². The first kappa shape index (κ1) is 11.9. The number of aryl methyl sites for hydroxylation is 1. The van der Waals surface area contributed by atoms with E-state index in [-0.39, 0.29) is 0 Å². The summed E-state index contributed by atoms with van der Waals surface area (Å²) in [6.07, 6.45) is 5.59. The summed E-state index contributed by atoms with van der Waals surface area (Å²) < 4.78 is 0. The zero-order valence-electron chi connectivity index (χ0n) is 10.6.